The van der Waals surface area contributed by atoms with E-state index >= 15 is 0 Å². The largest absolute Gasteiger partial charge is 0.300 e. The van der Waals surface area contributed by atoms with Gasteiger partial charge in [-0.15, -0.1) is 0 Å². The van der Waals surface area contributed by atoms with E-state index in [-0.39, 0.29) is 0 Å². The van der Waals surface area contributed by atoms with Crippen LogP contribution < -0.4 is 0 Å². The quantitative estimate of drug-likeness (QED) is 0.537. The molecule has 0 radical (unpaired) electrons. The highest BCUT2D eigenvalue weighted by Crippen LogP contribution is 2.53. The average Bonchev–Trinajstić information content (AvgIpc) is 2.34. The fraction of sp³-hybridized carbons (Fsp3) is 0.909. The van der Waals surface area contributed by atoms with Crippen LogP contribution in [0.4, 0.5) is 0 Å². The van der Waals surface area contributed by atoms with Gasteiger partial charge in [-0.1, -0.05) is 0 Å². The maximum absolute atomic E-state index is 11.2. The number of Topliss-reactive ketones (excluding diaryl/α,β-unsaturated/α-hetero) is 1. The molecular formula is C11H16O. The molecule has 3 rings (SSSR count). The summed E-state index contributed by atoms with van der Waals surface area (Å²) < 4.78 is 0. The second-order valence-electron chi connectivity index (χ2n) is 5.04. The summed E-state index contributed by atoms with van der Waals surface area (Å²) in [6.45, 7) is 0. The molecule has 0 aromatic rings. The molecule has 0 amide bonds. The van der Waals surface area contributed by atoms with Crippen LogP contribution in [0.2, 0.25) is 0 Å². The molecule has 1 nitrogen and oxygen atoms in total. The average molecular weight is 164 g/mol. The van der Waals surface area contributed by atoms with Gasteiger partial charge in [0, 0.05) is 12.8 Å². The molecule has 0 saturated heterocycles. The molecule has 3 aliphatic carbocycles. The van der Waals surface area contributed by atoms with Crippen LogP contribution in [0.1, 0.15) is 38.5 Å². The smallest absolute Gasteiger partial charge is 0.133 e. The second kappa shape index (κ2) is 2.34. The van der Waals surface area contributed by atoms with Crippen molar-refractivity contribution in [2.24, 2.45) is 23.7 Å². The topological polar surface area (TPSA) is 17.1 Å². The van der Waals surface area contributed by atoms with Gasteiger partial charge >= 0.3 is 0 Å². The number of ketones is 1. The van der Waals surface area contributed by atoms with Crippen LogP contribution in [-0.2, 0) is 4.79 Å². The van der Waals surface area contributed by atoms with Crippen LogP contribution in [0.3, 0.4) is 0 Å². The van der Waals surface area contributed by atoms with Gasteiger partial charge in [0.25, 0.3) is 0 Å². The van der Waals surface area contributed by atoms with Crippen molar-refractivity contribution in [1.29, 1.82) is 0 Å². The first-order valence-corrected chi connectivity index (χ1v) is 5.34. The molecule has 0 aromatic heterocycles. The lowest BCUT2D eigenvalue weighted by Crippen LogP contribution is -2.35. The Morgan fingerprint density at radius 2 is 1.33 bits per heavy atom. The zero-order chi connectivity index (χ0) is 8.13. The van der Waals surface area contributed by atoms with Gasteiger partial charge in [-0.2, -0.15) is 0 Å². The number of rotatable bonds is 0. The van der Waals surface area contributed by atoms with Crippen LogP contribution in [0.5, 0.6) is 0 Å². The van der Waals surface area contributed by atoms with Gasteiger partial charge in [0.05, 0.1) is 0 Å². The number of carbonyl (C=O) groups is 1. The number of hydrogen-bond donors (Lipinski definition) is 0. The monoisotopic (exact) mass is 164 g/mol. The second-order valence-corrected chi connectivity index (χ2v) is 5.04. The van der Waals surface area contributed by atoms with E-state index in [0.29, 0.717) is 5.78 Å². The Hall–Kier alpha value is -0.330. The number of fused-ring (bicyclic) bond motifs is 2. The van der Waals surface area contributed by atoms with Crippen molar-refractivity contribution in [2.75, 3.05) is 0 Å². The first-order chi connectivity index (χ1) is 5.83. The Morgan fingerprint density at radius 3 is 1.75 bits per heavy atom. The minimum atomic E-state index is 0.548. The first kappa shape index (κ1) is 7.11. The van der Waals surface area contributed by atoms with Crippen molar-refractivity contribution in [3.63, 3.8) is 0 Å². The van der Waals surface area contributed by atoms with Gasteiger partial charge in [0.1, 0.15) is 5.78 Å². The van der Waals surface area contributed by atoms with Gasteiger partial charge < -0.3 is 0 Å². The molecule has 66 valence electrons. The molecular weight excluding hydrogens is 148 g/mol. The minimum Gasteiger partial charge on any atom is -0.300 e. The predicted octanol–water partition coefficient (Wildman–Crippen LogP) is 2.40. The fourth-order valence-electron chi connectivity index (χ4n) is 3.59. The third-order valence-electron chi connectivity index (χ3n) is 4.43. The van der Waals surface area contributed by atoms with Gasteiger partial charge in [0.15, 0.2) is 0 Å². The van der Waals surface area contributed by atoms with E-state index in [1.165, 1.54) is 25.7 Å². The van der Waals surface area contributed by atoms with E-state index in [4.69, 9.17) is 0 Å². The maximum Gasteiger partial charge on any atom is 0.133 e. The van der Waals surface area contributed by atoms with Crippen LogP contribution >= 0.6 is 0 Å². The summed E-state index contributed by atoms with van der Waals surface area (Å²) in [5.41, 5.74) is 0. The van der Waals surface area contributed by atoms with E-state index in [2.05, 4.69) is 0 Å². The van der Waals surface area contributed by atoms with E-state index in [9.17, 15) is 4.79 Å². The Kier molecular flexibility index (Phi) is 1.38. The summed E-state index contributed by atoms with van der Waals surface area (Å²) >= 11 is 0. The fourth-order valence-corrected chi connectivity index (χ4v) is 3.59. The molecule has 3 aliphatic rings. The molecule has 0 aliphatic heterocycles. The molecule has 0 aromatic carbocycles. The van der Waals surface area contributed by atoms with Gasteiger partial charge in [0.2, 0.25) is 0 Å². The third kappa shape index (κ3) is 0.884. The van der Waals surface area contributed by atoms with Crippen LogP contribution in [0, 0.1) is 23.7 Å². The van der Waals surface area contributed by atoms with E-state index in [1.807, 2.05) is 0 Å². The van der Waals surface area contributed by atoms with Crippen molar-refractivity contribution >= 4 is 5.78 Å². The highest BCUT2D eigenvalue weighted by atomic mass is 16.1. The van der Waals surface area contributed by atoms with Gasteiger partial charge in [-0.05, 0) is 49.4 Å². The lowest BCUT2D eigenvalue weighted by molar-refractivity contribution is -0.117. The lowest BCUT2D eigenvalue weighted by Gasteiger charge is -2.45. The Balaban J connectivity index is 1.76. The zero-order valence-corrected chi connectivity index (χ0v) is 7.46. The SMILES string of the molecule is O=C1CC2CC3CCC3CC2C1. The van der Waals surface area contributed by atoms with Gasteiger partial charge in [-0.3, -0.25) is 4.79 Å². The molecule has 4 unspecified atom stereocenters. The van der Waals surface area contributed by atoms with Crippen molar-refractivity contribution < 1.29 is 4.79 Å². The molecule has 0 spiro atoms. The molecule has 0 heterocycles. The lowest BCUT2D eigenvalue weighted by atomic mass is 9.60. The van der Waals surface area contributed by atoms with E-state index in [1.54, 1.807) is 0 Å². The molecule has 3 saturated carbocycles. The van der Waals surface area contributed by atoms with Crippen molar-refractivity contribution in [2.45, 2.75) is 38.5 Å². The molecule has 12 heavy (non-hydrogen) atoms. The predicted molar refractivity (Wildman–Crippen MR) is 46.7 cm³/mol. The van der Waals surface area contributed by atoms with Crippen LogP contribution in [-0.4, -0.2) is 5.78 Å². The molecule has 0 bridgehead atoms. The first-order valence-electron chi connectivity index (χ1n) is 5.34. The van der Waals surface area contributed by atoms with Gasteiger partial charge in [-0.25, -0.2) is 0 Å². The third-order valence-corrected chi connectivity index (χ3v) is 4.43. The normalized spacial score (nSPS) is 51.2. The molecule has 3 fully saturated rings. The van der Waals surface area contributed by atoms with Crippen molar-refractivity contribution in [3.05, 3.63) is 0 Å². The highest BCUT2D eigenvalue weighted by Gasteiger charge is 2.45. The van der Waals surface area contributed by atoms with Crippen LogP contribution in [0.25, 0.3) is 0 Å². The Labute approximate surface area is 73.5 Å². The standard InChI is InChI=1S/C11H16O/c12-11-5-9-3-7-1-2-8(7)4-10(9)6-11/h7-10H,1-6H2. The minimum absolute atomic E-state index is 0.548. The zero-order valence-electron chi connectivity index (χ0n) is 7.46. The summed E-state index contributed by atoms with van der Waals surface area (Å²) in [5, 5.41) is 0. The summed E-state index contributed by atoms with van der Waals surface area (Å²) in [6, 6.07) is 0. The molecule has 4 atom stereocenters. The molecule has 1 heteroatoms. The summed E-state index contributed by atoms with van der Waals surface area (Å²) in [7, 11) is 0. The summed E-state index contributed by atoms with van der Waals surface area (Å²) in [5.74, 6) is 4.21. The highest BCUT2D eigenvalue weighted by molar-refractivity contribution is 5.81. The van der Waals surface area contributed by atoms with Crippen LogP contribution in [0.15, 0.2) is 0 Å². The van der Waals surface area contributed by atoms with E-state index in [0.717, 1.165) is 36.5 Å². The Morgan fingerprint density at radius 1 is 0.833 bits per heavy atom. The Bertz CT molecular complexity index is 199. The molecule has 0 N–H and O–H groups in total. The number of carbonyl (C=O) groups excluding carboxylic acids is 1. The summed E-state index contributed by atoms with van der Waals surface area (Å²) in [4.78, 5) is 11.2. The maximum atomic E-state index is 11.2. The summed E-state index contributed by atoms with van der Waals surface area (Å²) in [6.07, 6.45) is 7.55. The van der Waals surface area contributed by atoms with E-state index < -0.39 is 0 Å². The van der Waals surface area contributed by atoms with Crippen molar-refractivity contribution in [1.82, 2.24) is 0 Å². The van der Waals surface area contributed by atoms with Crippen molar-refractivity contribution in [3.8, 4) is 0 Å². The number of hydrogen-bond acceptors (Lipinski definition) is 1.